The van der Waals surface area contributed by atoms with E-state index >= 15 is 0 Å². The molecule has 4 nitrogen and oxygen atoms in total. The number of halogens is 1. The Labute approximate surface area is 116 Å². The zero-order valence-corrected chi connectivity index (χ0v) is 11.5. The van der Waals surface area contributed by atoms with Crippen LogP contribution in [0.1, 0.15) is 21.6 Å². The number of amides is 1. The average Bonchev–Trinajstić information content (AvgIpc) is 2.38. The van der Waals surface area contributed by atoms with E-state index in [0.717, 1.165) is 16.8 Å². The quantitative estimate of drug-likeness (QED) is 0.884. The lowest BCUT2D eigenvalue weighted by Gasteiger charge is -2.10. The van der Waals surface area contributed by atoms with Gasteiger partial charge in [0.05, 0.1) is 5.02 Å². The topological polar surface area (TPSA) is 68.0 Å². The number of pyridine rings is 1. The van der Waals surface area contributed by atoms with Crippen LogP contribution in [-0.2, 0) is 0 Å². The number of nitrogens with zero attached hydrogens (tertiary/aromatic N) is 1. The van der Waals surface area contributed by atoms with Gasteiger partial charge in [0.15, 0.2) is 0 Å². The van der Waals surface area contributed by atoms with Gasteiger partial charge in [0, 0.05) is 5.69 Å². The molecule has 0 radical (unpaired) electrons. The van der Waals surface area contributed by atoms with E-state index in [2.05, 4.69) is 10.3 Å². The molecule has 1 aromatic heterocycles. The molecule has 1 amide bonds. The predicted octanol–water partition coefficient (Wildman–Crippen LogP) is 3.19. The molecule has 2 aromatic rings. The van der Waals surface area contributed by atoms with E-state index in [9.17, 15) is 4.79 Å². The highest BCUT2D eigenvalue weighted by Gasteiger charge is 2.14. The van der Waals surface area contributed by atoms with Gasteiger partial charge >= 0.3 is 0 Å². The summed E-state index contributed by atoms with van der Waals surface area (Å²) in [6.45, 7) is 3.93. The molecule has 98 valence electrons. The third kappa shape index (κ3) is 2.85. The molecule has 5 heteroatoms. The minimum absolute atomic E-state index is 0.127. The van der Waals surface area contributed by atoms with Crippen LogP contribution in [0.25, 0.3) is 0 Å². The molecule has 0 saturated carbocycles. The van der Waals surface area contributed by atoms with Crippen LogP contribution in [0.2, 0.25) is 5.02 Å². The van der Waals surface area contributed by atoms with Gasteiger partial charge in [0.2, 0.25) is 0 Å². The third-order valence-electron chi connectivity index (χ3n) is 2.94. The van der Waals surface area contributed by atoms with Crippen LogP contribution >= 0.6 is 11.6 Å². The Morgan fingerprint density at radius 2 is 2.00 bits per heavy atom. The predicted molar refractivity (Wildman–Crippen MR) is 77.5 cm³/mol. The maximum atomic E-state index is 12.1. The van der Waals surface area contributed by atoms with E-state index in [-0.39, 0.29) is 22.4 Å². The first kappa shape index (κ1) is 13.4. The Balaban J connectivity index is 2.31. The summed E-state index contributed by atoms with van der Waals surface area (Å²) in [5.74, 6) is -0.110. The van der Waals surface area contributed by atoms with Crippen LogP contribution < -0.4 is 11.1 Å². The number of hydrogen-bond donors (Lipinski definition) is 2. The monoisotopic (exact) mass is 275 g/mol. The molecule has 3 N–H and O–H groups in total. The number of hydrogen-bond acceptors (Lipinski definition) is 3. The molecule has 0 aliphatic heterocycles. The first-order valence-corrected chi connectivity index (χ1v) is 6.16. The van der Waals surface area contributed by atoms with Crippen molar-refractivity contribution in [2.45, 2.75) is 13.8 Å². The fraction of sp³-hybridized carbons (Fsp3) is 0.143. The van der Waals surface area contributed by atoms with Crippen molar-refractivity contribution in [2.24, 2.45) is 0 Å². The van der Waals surface area contributed by atoms with Gasteiger partial charge in [-0.1, -0.05) is 23.7 Å². The first-order chi connectivity index (χ1) is 8.99. The standard InChI is InChI=1S/C14H14ClN3O/c1-8-4-3-5-11(9(8)2)17-14(19)13-10(15)6-7-12(16)18-13/h3-7H,1-2H3,(H2,16,18)(H,17,19). The summed E-state index contributed by atoms with van der Waals surface area (Å²) in [7, 11) is 0. The van der Waals surface area contributed by atoms with Crippen molar-refractivity contribution in [1.82, 2.24) is 4.98 Å². The largest absolute Gasteiger partial charge is 0.384 e. The molecule has 2 rings (SSSR count). The number of nitrogens with two attached hydrogens (primary N) is 1. The Morgan fingerprint density at radius 3 is 2.74 bits per heavy atom. The van der Waals surface area contributed by atoms with Crippen molar-refractivity contribution < 1.29 is 4.79 Å². The summed E-state index contributed by atoms with van der Waals surface area (Å²) in [5, 5.41) is 3.07. The smallest absolute Gasteiger partial charge is 0.275 e. The molecule has 0 spiro atoms. The lowest BCUT2D eigenvalue weighted by molar-refractivity contribution is 0.102. The summed E-state index contributed by atoms with van der Waals surface area (Å²) in [6, 6.07) is 8.81. The van der Waals surface area contributed by atoms with Crippen molar-refractivity contribution in [2.75, 3.05) is 11.1 Å². The number of anilines is 2. The van der Waals surface area contributed by atoms with Gasteiger partial charge in [0.25, 0.3) is 5.91 Å². The zero-order chi connectivity index (χ0) is 14.0. The van der Waals surface area contributed by atoms with Crippen molar-refractivity contribution >= 4 is 29.0 Å². The third-order valence-corrected chi connectivity index (χ3v) is 3.24. The van der Waals surface area contributed by atoms with E-state index in [1.807, 2.05) is 32.0 Å². The molecule has 0 saturated heterocycles. The van der Waals surface area contributed by atoms with E-state index in [1.54, 1.807) is 12.1 Å². The Kier molecular flexibility index (Phi) is 3.71. The van der Waals surface area contributed by atoms with Crippen molar-refractivity contribution in [1.29, 1.82) is 0 Å². The summed E-state index contributed by atoms with van der Waals surface area (Å²) >= 11 is 5.95. The minimum atomic E-state index is -0.369. The maximum absolute atomic E-state index is 12.1. The Bertz CT molecular complexity index is 641. The molecule has 0 atom stereocenters. The second-order valence-electron chi connectivity index (χ2n) is 4.27. The second kappa shape index (κ2) is 5.28. The Morgan fingerprint density at radius 1 is 1.26 bits per heavy atom. The Hall–Kier alpha value is -2.07. The van der Waals surface area contributed by atoms with Gasteiger partial charge in [0.1, 0.15) is 11.5 Å². The van der Waals surface area contributed by atoms with Crippen molar-refractivity contribution in [3.05, 3.63) is 52.2 Å². The number of aromatic nitrogens is 1. The van der Waals surface area contributed by atoms with Gasteiger partial charge in [-0.25, -0.2) is 4.98 Å². The van der Waals surface area contributed by atoms with Gasteiger partial charge in [-0.2, -0.15) is 0 Å². The highest BCUT2D eigenvalue weighted by Crippen LogP contribution is 2.21. The van der Waals surface area contributed by atoms with Crippen molar-refractivity contribution in [3.63, 3.8) is 0 Å². The fourth-order valence-electron chi connectivity index (χ4n) is 1.68. The normalized spacial score (nSPS) is 10.3. The van der Waals surface area contributed by atoms with Crippen molar-refractivity contribution in [3.8, 4) is 0 Å². The van der Waals surface area contributed by atoms with Crippen LogP contribution in [-0.4, -0.2) is 10.9 Å². The lowest BCUT2D eigenvalue weighted by atomic mass is 10.1. The number of carbonyl (C=O) groups excluding carboxylic acids is 1. The molecule has 0 aliphatic carbocycles. The molecule has 0 aliphatic rings. The molecule has 19 heavy (non-hydrogen) atoms. The number of rotatable bonds is 2. The highest BCUT2D eigenvalue weighted by atomic mass is 35.5. The summed E-state index contributed by atoms with van der Waals surface area (Å²) in [6.07, 6.45) is 0. The van der Waals surface area contributed by atoms with E-state index in [0.29, 0.717) is 0 Å². The van der Waals surface area contributed by atoms with Crippen LogP contribution in [0.5, 0.6) is 0 Å². The molecule has 0 unspecified atom stereocenters. The van der Waals surface area contributed by atoms with Gasteiger partial charge in [-0.05, 0) is 43.2 Å². The number of nitrogen functional groups attached to an aromatic ring is 1. The zero-order valence-electron chi connectivity index (χ0n) is 10.7. The minimum Gasteiger partial charge on any atom is -0.384 e. The molecule has 1 heterocycles. The van der Waals surface area contributed by atoms with Crippen LogP contribution in [0.3, 0.4) is 0 Å². The van der Waals surface area contributed by atoms with Crippen LogP contribution in [0.4, 0.5) is 11.5 Å². The van der Waals surface area contributed by atoms with E-state index in [4.69, 9.17) is 17.3 Å². The molecule has 0 bridgehead atoms. The average molecular weight is 276 g/mol. The summed E-state index contributed by atoms with van der Waals surface area (Å²) < 4.78 is 0. The fourth-order valence-corrected chi connectivity index (χ4v) is 1.88. The second-order valence-corrected chi connectivity index (χ2v) is 4.68. The SMILES string of the molecule is Cc1cccc(NC(=O)c2nc(N)ccc2Cl)c1C. The van der Waals surface area contributed by atoms with E-state index in [1.165, 1.54) is 0 Å². The number of benzene rings is 1. The molecular formula is C14H14ClN3O. The number of aryl methyl sites for hydroxylation is 1. The van der Waals surface area contributed by atoms with E-state index < -0.39 is 0 Å². The summed E-state index contributed by atoms with van der Waals surface area (Å²) in [4.78, 5) is 16.1. The molecule has 0 fully saturated rings. The molecule has 1 aromatic carbocycles. The van der Waals surface area contributed by atoms with Gasteiger partial charge in [-0.3, -0.25) is 4.79 Å². The van der Waals surface area contributed by atoms with Crippen LogP contribution in [0.15, 0.2) is 30.3 Å². The van der Waals surface area contributed by atoms with Gasteiger partial charge in [-0.15, -0.1) is 0 Å². The van der Waals surface area contributed by atoms with Gasteiger partial charge < -0.3 is 11.1 Å². The lowest BCUT2D eigenvalue weighted by Crippen LogP contribution is -2.16. The maximum Gasteiger partial charge on any atom is 0.275 e. The molecular weight excluding hydrogens is 262 g/mol. The number of nitrogens with one attached hydrogen (secondary N) is 1. The summed E-state index contributed by atoms with van der Waals surface area (Å²) in [5.41, 5.74) is 8.54. The highest BCUT2D eigenvalue weighted by molar-refractivity contribution is 6.34. The first-order valence-electron chi connectivity index (χ1n) is 5.78. The van der Waals surface area contributed by atoms with Crippen LogP contribution in [0, 0.1) is 13.8 Å². The number of carbonyl (C=O) groups is 1.